The summed E-state index contributed by atoms with van der Waals surface area (Å²) in [6.07, 6.45) is 3.87. The van der Waals surface area contributed by atoms with Crippen molar-refractivity contribution >= 4 is 11.8 Å². The van der Waals surface area contributed by atoms with Gasteiger partial charge in [-0.2, -0.15) is 0 Å². The number of carbonyl (C=O) groups is 2. The van der Waals surface area contributed by atoms with E-state index in [1.54, 1.807) is 0 Å². The number of hydrogen-bond acceptors (Lipinski definition) is 4. The average molecular weight is 283 g/mol. The second-order valence-corrected chi connectivity index (χ2v) is 5.54. The molecule has 2 rings (SSSR count). The third kappa shape index (κ3) is 4.45. The van der Waals surface area contributed by atoms with Gasteiger partial charge in [-0.25, -0.2) is 0 Å². The smallest absolute Gasteiger partial charge is 0.242 e. The summed E-state index contributed by atoms with van der Waals surface area (Å²) in [6.45, 7) is 5.40. The van der Waals surface area contributed by atoms with E-state index in [0.717, 1.165) is 38.8 Å². The van der Waals surface area contributed by atoms with Crippen LogP contribution in [0.1, 0.15) is 32.6 Å². The number of ether oxygens (including phenoxy) is 1. The first kappa shape index (κ1) is 15.3. The van der Waals surface area contributed by atoms with Gasteiger partial charge in [0.05, 0.1) is 19.3 Å². The van der Waals surface area contributed by atoms with E-state index in [9.17, 15) is 9.59 Å². The zero-order valence-corrected chi connectivity index (χ0v) is 12.2. The van der Waals surface area contributed by atoms with Crippen LogP contribution in [-0.2, 0) is 14.3 Å². The molecule has 2 N–H and O–H groups in total. The molecule has 2 aliphatic rings. The van der Waals surface area contributed by atoms with E-state index in [4.69, 9.17) is 4.74 Å². The molecule has 0 spiro atoms. The van der Waals surface area contributed by atoms with Crippen LogP contribution in [0.4, 0.5) is 0 Å². The fourth-order valence-corrected chi connectivity index (χ4v) is 2.69. The van der Waals surface area contributed by atoms with Crippen LogP contribution >= 0.6 is 0 Å². The van der Waals surface area contributed by atoms with E-state index >= 15 is 0 Å². The van der Waals surface area contributed by atoms with E-state index in [1.165, 1.54) is 0 Å². The Kier molecular flexibility index (Phi) is 5.79. The molecule has 0 bridgehead atoms. The summed E-state index contributed by atoms with van der Waals surface area (Å²) < 4.78 is 5.58. The number of carbonyl (C=O) groups excluding carboxylic acids is 2. The number of hydrogen-bond donors (Lipinski definition) is 2. The second-order valence-electron chi connectivity index (χ2n) is 5.54. The highest BCUT2D eigenvalue weighted by Crippen LogP contribution is 2.08. The average Bonchev–Trinajstić information content (AvgIpc) is 2.64. The molecule has 2 saturated heterocycles. The van der Waals surface area contributed by atoms with Gasteiger partial charge in [-0.1, -0.05) is 6.92 Å². The topological polar surface area (TPSA) is 70.7 Å². The summed E-state index contributed by atoms with van der Waals surface area (Å²) in [5.74, 6) is -0.118. The molecule has 6 nitrogen and oxygen atoms in total. The summed E-state index contributed by atoms with van der Waals surface area (Å²) >= 11 is 0. The highest BCUT2D eigenvalue weighted by Gasteiger charge is 2.25. The quantitative estimate of drug-likeness (QED) is 0.755. The Morgan fingerprint density at radius 1 is 1.50 bits per heavy atom. The van der Waals surface area contributed by atoms with E-state index in [0.29, 0.717) is 19.7 Å². The standard InChI is InChI=1S/C14H25N3O3/c1-2-11-9-17(7-8-20-11)10-13(18)16-12-5-3-4-6-15-14(12)19/h11-12H,2-10H2,1H3,(H,15,19)(H,16,18). The van der Waals surface area contributed by atoms with Crippen molar-refractivity contribution in [3.05, 3.63) is 0 Å². The van der Waals surface area contributed by atoms with Gasteiger partial charge in [0.15, 0.2) is 0 Å². The molecule has 0 radical (unpaired) electrons. The summed E-state index contributed by atoms with van der Waals surface area (Å²) in [5, 5.41) is 5.69. The van der Waals surface area contributed by atoms with Gasteiger partial charge < -0.3 is 15.4 Å². The van der Waals surface area contributed by atoms with Crippen LogP contribution in [0, 0.1) is 0 Å². The molecule has 2 aliphatic heterocycles. The maximum atomic E-state index is 12.1. The predicted molar refractivity (Wildman–Crippen MR) is 75.3 cm³/mol. The highest BCUT2D eigenvalue weighted by molar-refractivity contribution is 5.88. The van der Waals surface area contributed by atoms with Gasteiger partial charge in [0.1, 0.15) is 6.04 Å². The lowest BCUT2D eigenvalue weighted by molar-refractivity contribution is -0.130. The molecular weight excluding hydrogens is 258 g/mol. The molecular formula is C14H25N3O3. The molecule has 0 aliphatic carbocycles. The first-order valence-electron chi connectivity index (χ1n) is 7.60. The summed E-state index contributed by atoms with van der Waals surface area (Å²) in [7, 11) is 0. The van der Waals surface area contributed by atoms with Crippen LogP contribution in [0.5, 0.6) is 0 Å². The molecule has 2 atom stereocenters. The Morgan fingerprint density at radius 3 is 3.15 bits per heavy atom. The first-order valence-corrected chi connectivity index (χ1v) is 7.60. The third-order valence-electron chi connectivity index (χ3n) is 3.92. The first-order chi connectivity index (χ1) is 9.69. The van der Waals surface area contributed by atoms with Crippen molar-refractivity contribution in [2.75, 3.05) is 32.8 Å². The Hall–Kier alpha value is -1.14. The summed E-state index contributed by atoms with van der Waals surface area (Å²) in [4.78, 5) is 25.9. The van der Waals surface area contributed by atoms with Crippen molar-refractivity contribution in [3.63, 3.8) is 0 Å². The lowest BCUT2D eigenvalue weighted by Crippen LogP contribution is -2.51. The van der Waals surface area contributed by atoms with Crippen molar-refractivity contribution in [1.82, 2.24) is 15.5 Å². The van der Waals surface area contributed by atoms with Crippen LogP contribution in [0.2, 0.25) is 0 Å². The second kappa shape index (κ2) is 7.59. The van der Waals surface area contributed by atoms with Crippen LogP contribution in [0.25, 0.3) is 0 Å². The molecule has 0 aromatic carbocycles. The van der Waals surface area contributed by atoms with E-state index in [-0.39, 0.29) is 24.0 Å². The Morgan fingerprint density at radius 2 is 2.35 bits per heavy atom. The molecule has 0 saturated carbocycles. The number of nitrogens with zero attached hydrogens (tertiary/aromatic N) is 1. The molecule has 114 valence electrons. The minimum absolute atomic E-state index is 0.0516. The maximum Gasteiger partial charge on any atom is 0.242 e. The molecule has 20 heavy (non-hydrogen) atoms. The van der Waals surface area contributed by atoms with E-state index < -0.39 is 0 Å². The normalized spacial score (nSPS) is 28.6. The van der Waals surface area contributed by atoms with E-state index in [2.05, 4.69) is 22.5 Å². The number of amides is 2. The number of nitrogens with one attached hydrogen (secondary N) is 2. The van der Waals surface area contributed by atoms with Gasteiger partial charge in [0, 0.05) is 19.6 Å². The number of rotatable bonds is 4. The Balaban J connectivity index is 1.77. The Bertz CT molecular complexity index is 349. The number of morpholine rings is 1. The fraction of sp³-hybridized carbons (Fsp3) is 0.857. The van der Waals surface area contributed by atoms with Gasteiger partial charge in [0.25, 0.3) is 0 Å². The summed E-state index contributed by atoms with van der Waals surface area (Å²) in [6, 6.07) is -0.368. The van der Waals surface area contributed by atoms with Crippen molar-refractivity contribution in [2.45, 2.75) is 44.8 Å². The molecule has 0 aromatic heterocycles. The predicted octanol–water partition coefficient (Wildman–Crippen LogP) is -0.118. The lowest BCUT2D eigenvalue weighted by Gasteiger charge is -2.32. The van der Waals surface area contributed by atoms with Gasteiger partial charge in [-0.05, 0) is 25.7 Å². The van der Waals surface area contributed by atoms with Crippen molar-refractivity contribution < 1.29 is 14.3 Å². The van der Waals surface area contributed by atoms with Crippen LogP contribution in [-0.4, -0.2) is 61.6 Å². The van der Waals surface area contributed by atoms with E-state index in [1.807, 2.05) is 0 Å². The van der Waals surface area contributed by atoms with Crippen molar-refractivity contribution in [3.8, 4) is 0 Å². The summed E-state index contributed by atoms with van der Waals surface area (Å²) in [5.41, 5.74) is 0. The minimum atomic E-state index is -0.368. The van der Waals surface area contributed by atoms with Crippen LogP contribution in [0.15, 0.2) is 0 Å². The molecule has 6 heteroatoms. The van der Waals surface area contributed by atoms with Gasteiger partial charge >= 0.3 is 0 Å². The SMILES string of the molecule is CCC1CN(CC(=O)NC2CCCCNC2=O)CCO1. The lowest BCUT2D eigenvalue weighted by atomic mass is 10.1. The molecule has 2 amide bonds. The molecule has 2 fully saturated rings. The monoisotopic (exact) mass is 283 g/mol. The van der Waals surface area contributed by atoms with Gasteiger partial charge in [-0.3, -0.25) is 14.5 Å². The molecule has 2 heterocycles. The maximum absolute atomic E-state index is 12.1. The van der Waals surface area contributed by atoms with Gasteiger partial charge in [-0.15, -0.1) is 0 Å². The van der Waals surface area contributed by atoms with Crippen LogP contribution < -0.4 is 10.6 Å². The third-order valence-corrected chi connectivity index (χ3v) is 3.92. The largest absolute Gasteiger partial charge is 0.376 e. The van der Waals surface area contributed by atoms with Crippen molar-refractivity contribution in [1.29, 1.82) is 0 Å². The Labute approximate surface area is 120 Å². The highest BCUT2D eigenvalue weighted by atomic mass is 16.5. The fourth-order valence-electron chi connectivity index (χ4n) is 2.69. The molecule has 0 aromatic rings. The molecule has 2 unspecified atom stereocenters. The minimum Gasteiger partial charge on any atom is -0.376 e. The zero-order chi connectivity index (χ0) is 14.4. The van der Waals surface area contributed by atoms with Crippen molar-refractivity contribution in [2.24, 2.45) is 0 Å². The van der Waals surface area contributed by atoms with Crippen LogP contribution in [0.3, 0.4) is 0 Å². The van der Waals surface area contributed by atoms with Gasteiger partial charge in [0.2, 0.25) is 11.8 Å². The zero-order valence-electron chi connectivity index (χ0n) is 12.2.